The summed E-state index contributed by atoms with van der Waals surface area (Å²) in [6.07, 6.45) is 1.41. The van der Waals surface area contributed by atoms with Crippen molar-refractivity contribution < 1.29 is 8.42 Å². The van der Waals surface area contributed by atoms with Gasteiger partial charge in [0.05, 0.1) is 11.2 Å². The highest BCUT2D eigenvalue weighted by Gasteiger charge is 2.15. The van der Waals surface area contributed by atoms with Gasteiger partial charge in [0, 0.05) is 31.9 Å². The fourth-order valence-corrected chi connectivity index (χ4v) is 2.92. The van der Waals surface area contributed by atoms with Gasteiger partial charge in [-0.3, -0.25) is 0 Å². The fourth-order valence-electron chi connectivity index (χ4n) is 1.38. The summed E-state index contributed by atoms with van der Waals surface area (Å²) in [6.45, 7) is 1.69. The van der Waals surface area contributed by atoms with Crippen molar-refractivity contribution in [2.75, 3.05) is 33.7 Å². The van der Waals surface area contributed by atoms with Gasteiger partial charge in [-0.2, -0.15) is 12.7 Å². The first-order chi connectivity index (χ1) is 8.56. The summed E-state index contributed by atoms with van der Waals surface area (Å²) in [5, 5.41) is 4.91. The molecule has 0 amide bonds. The van der Waals surface area contributed by atoms with Gasteiger partial charge in [0.2, 0.25) is 0 Å². The Hall–Kier alpha value is -0.540. The first-order valence-corrected chi connectivity index (χ1v) is 8.17. The van der Waals surface area contributed by atoms with Crippen LogP contribution in [0.25, 0.3) is 0 Å². The average Bonchev–Trinajstić information content (AvgIpc) is 2.82. The van der Waals surface area contributed by atoms with Crippen molar-refractivity contribution in [2.24, 2.45) is 0 Å². The minimum atomic E-state index is -3.36. The molecule has 1 heterocycles. The van der Waals surface area contributed by atoms with Crippen LogP contribution in [0.1, 0.15) is 12.1 Å². The Bertz CT molecular complexity index is 419. The number of rotatable bonds is 9. The summed E-state index contributed by atoms with van der Waals surface area (Å²) in [6, 6.07) is 0. The van der Waals surface area contributed by atoms with Gasteiger partial charge in [-0.25, -0.2) is 9.71 Å². The lowest BCUT2D eigenvalue weighted by Crippen LogP contribution is -2.40. The predicted octanol–water partition coefficient (Wildman–Crippen LogP) is 0.0613. The van der Waals surface area contributed by atoms with E-state index in [1.807, 2.05) is 12.4 Å². The molecule has 2 N–H and O–H groups in total. The standard InChI is InChI=1S/C10H20N4O2S2/c1-11-5-3-7-14(2)18(15,16)13-6-4-10-8-17-9-12-10/h8-9,11,13H,3-7H2,1-2H3. The van der Waals surface area contributed by atoms with Crippen molar-refractivity contribution in [2.45, 2.75) is 12.8 Å². The third kappa shape index (κ3) is 5.40. The maximum Gasteiger partial charge on any atom is 0.279 e. The molecule has 0 aliphatic heterocycles. The summed E-state index contributed by atoms with van der Waals surface area (Å²) in [5.41, 5.74) is 2.66. The lowest BCUT2D eigenvalue weighted by Gasteiger charge is -2.17. The molecule has 0 atom stereocenters. The van der Waals surface area contributed by atoms with Crippen LogP contribution in [-0.4, -0.2) is 51.4 Å². The molecule has 0 aromatic carbocycles. The third-order valence-corrected chi connectivity index (χ3v) is 4.67. The predicted molar refractivity (Wildman–Crippen MR) is 73.9 cm³/mol. The van der Waals surface area contributed by atoms with Crippen LogP contribution in [0.4, 0.5) is 0 Å². The second-order valence-electron chi connectivity index (χ2n) is 3.91. The zero-order valence-electron chi connectivity index (χ0n) is 10.7. The van der Waals surface area contributed by atoms with Crippen LogP contribution in [0.3, 0.4) is 0 Å². The quantitative estimate of drug-likeness (QED) is 0.631. The Morgan fingerprint density at radius 2 is 2.22 bits per heavy atom. The van der Waals surface area contributed by atoms with Crippen molar-refractivity contribution in [3.8, 4) is 0 Å². The summed E-state index contributed by atoms with van der Waals surface area (Å²) in [4.78, 5) is 4.10. The van der Waals surface area contributed by atoms with E-state index in [1.165, 1.54) is 15.6 Å². The topological polar surface area (TPSA) is 74.3 Å². The van der Waals surface area contributed by atoms with Gasteiger partial charge in [0.1, 0.15) is 0 Å². The maximum atomic E-state index is 11.8. The average molecular weight is 292 g/mol. The van der Waals surface area contributed by atoms with E-state index in [4.69, 9.17) is 0 Å². The number of hydrogen-bond donors (Lipinski definition) is 2. The van der Waals surface area contributed by atoms with Gasteiger partial charge < -0.3 is 5.32 Å². The molecular formula is C10H20N4O2S2. The first kappa shape index (κ1) is 15.5. The van der Waals surface area contributed by atoms with Gasteiger partial charge in [0.25, 0.3) is 10.2 Å². The van der Waals surface area contributed by atoms with Crippen LogP contribution in [-0.2, 0) is 16.6 Å². The normalized spacial score (nSPS) is 12.2. The Morgan fingerprint density at radius 3 is 2.83 bits per heavy atom. The second-order valence-corrected chi connectivity index (χ2v) is 6.49. The van der Waals surface area contributed by atoms with Crippen molar-refractivity contribution in [1.82, 2.24) is 19.3 Å². The van der Waals surface area contributed by atoms with E-state index in [0.29, 0.717) is 19.5 Å². The van der Waals surface area contributed by atoms with E-state index in [2.05, 4.69) is 15.0 Å². The maximum absolute atomic E-state index is 11.8. The molecule has 0 radical (unpaired) electrons. The Kier molecular flexibility index (Phi) is 6.72. The zero-order valence-corrected chi connectivity index (χ0v) is 12.4. The van der Waals surface area contributed by atoms with E-state index in [1.54, 1.807) is 12.6 Å². The highest BCUT2D eigenvalue weighted by molar-refractivity contribution is 7.87. The summed E-state index contributed by atoms with van der Waals surface area (Å²) < 4.78 is 27.6. The minimum absolute atomic E-state index is 0.377. The Morgan fingerprint density at radius 1 is 1.44 bits per heavy atom. The van der Waals surface area contributed by atoms with E-state index in [9.17, 15) is 8.42 Å². The summed E-state index contributed by atoms with van der Waals surface area (Å²) in [5.74, 6) is 0. The third-order valence-electron chi connectivity index (χ3n) is 2.46. The van der Waals surface area contributed by atoms with Gasteiger partial charge in [0.15, 0.2) is 0 Å². The van der Waals surface area contributed by atoms with Crippen LogP contribution in [0.5, 0.6) is 0 Å². The smallest absolute Gasteiger partial charge is 0.279 e. The lowest BCUT2D eigenvalue weighted by atomic mass is 10.3. The van der Waals surface area contributed by atoms with Crippen molar-refractivity contribution in [3.63, 3.8) is 0 Å². The molecular weight excluding hydrogens is 272 g/mol. The molecule has 18 heavy (non-hydrogen) atoms. The van der Waals surface area contributed by atoms with Crippen LogP contribution >= 0.6 is 11.3 Å². The molecule has 1 rings (SSSR count). The second kappa shape index (κ2) is 7.80. The molecule has 1 aromatic heterocycles. The van der Waals surface area contributed by atoms with Gasteiger partial charge >= 0.3 is 0 Å². The van der Waals surface area contributed by atoms with E-state index in [0.717, 1.165) is 18.7 Å². The molecule has 0 aliphatic carbocycles. The molecule has 104 valence electrons. The van der Waals surface area contributed by atoms with Crippen LogP contribution in [0, 0.1) is 0 Å². The number of aromatic nitrogens is 1. The van der Waals surface area contributed by atoms with Crippen molar-refractivity contribution >= 4 is 21.5 Å². The molecule has 0 fully saturated rings. The van der Waals surface area contributed by atoms with Gasteiger partial charge in [-0.15, -0.1) is 11.3 Å². The molecule has 1 aromatic rings. The molecule has 0 bridgehead atoms. The van der Waals surface area contributed by atoms with E-state index >= 15 is 0 Å². The summed E-state index contributed by atoms with van der Waals surface area (Å²) >= 11 is 1.51. The van der Waals surface area contributed by atoms with Crippen molar-refractivity contribution in [1.29, 1.82) is 0 Å². The zero-order chi connectivity index (χ0) is 13.4. The number of nitrogens with zero attached hydrogens (tertiary/aromatic N) is 2. The fraction of sp³-hybridized carbons (Fsp3) is 0.700. The van der Waals surface area contributed by atoms with E-state index < -0.39 is 10.2 Å². The number of thiazole rings is 1. The van der Waals surface area contributed by atoms with Gasteiger partial charge in [-0.1, -0.05) is 0 Å². The first-order valence-electron chi connectivity index (χ1n) is 5.79. The highest BCUT2D eigenvalue weighted by atomic mass is 32.2. The molecule has 0 aliphatic rings. The molecule has 0 spiro atoms. The summed E-state index contributed by atoms with van der Waals surface area (Å²) in [7, 11) is 0.0692. The molecule has 0 saturated carbocycles. The lowest BCUT2D eigenvalue weighted by molar-refractivity contribution is 0.448. The molecule has 0 saturated heterocycles. The number of hydrogen-bond acceptors (Lipinski definition) is 5. The highest BCUT2D eigenvalue weighted by Crippen LogP contribution is 2.01. The molecule has 0 unspecified atom stereocenters. The van der Waals surface area contributed by atoms with Crippen LogP contribution in [0.15, 0.2) is 10.9 Å². The SMILES string of the molecule is CNCCCN(C)S(=O)(=O)NCCc1cscn1. The minimum Gasteiger partial charge on any atom is -0.320 e. The van der Waals surface area contributed by atoms with E-state index in [-0.39, 0.29) is 0 Å². The largest absolute Gasteiger partial charge is 0.320 e. The molecule has 6 nitrogen and oxygen atoms in total. The van der Waals surface area contributed by atoms with Crippen molar-refractivity contribution in [3.05, 3.63) is 16.6 Å². The van der Waals surface area contributed by atoms with Crippen LogP contribution < -0.4 is 10.0 Å². The Balaban J connectivity index is 2.30. The Labute approximate surface area is 113 Å². The number of nitrogens with one attached hydrogen (secondary N) is 2. The van der Waals surface area contributed by atoms with Crippen LogP contribution in [0.2, 0.25) is 0 Å². The van der Waals surface area contributed by atoms with Gasteiger partial charge in [-0.05, 0) is 20.0 Å². The molecule has 8 heteroatoms. The monoisotopic (exact) mass is 292 g/mol.